The summed E-state index contributed by atoms with van der Waals surface area (Å²) < 4.78 is 0. The molecule has 0 saturated heterocycles. The van der Waals surface area contributed by atoms with Gasteiger partial charge in [0.05, 0.1) is 12.2 Å². The van der Waals surface area contributed by atoms with Gasteiger partial charge in [-0.15, -0.1) is 0 Å². The van der Waals surface area contributed by atoms with Crippen LogP contribution in [0, 0.1) is 34.5 Å². The highest BCUT2D eigenvalue weighted by atomic mass is 16.3. The van der Waals surface area contributed by atoms with Crippen LogP contribution in [0.5, 0.6) is 0 Å². The molecule has 3 heteroatoms. The number of allylic oxidation sites excluding steroid dienone is 3. The number of nitrogens with two attached hydrogens (primary N) is 1. The van der Waals surface area contributed by atoms with Gasteiger partial charge in [-0.3, -0.25) is 0 Å². The Morgan fingerprint density at radius 1 is 1.14 bits per heavy atom. The number of hydrogen-bond donors (Lipinski definition) is 3. The minimum Gasteiger partial charge on any atom is -0.399 e. The van der Waals surface area contributed by atoms with Crippen molar-refractivity contribution in [2.24, 2.45) is 40.2 Å². The SMILES string of the molecule is C[C@]12C=CC(N)=C[C@H]1C[C@H](O)[C@@H]1[C@@H]2CC[C@]2(C)[C@@H](O)CC[C@@H]12. The van der Waals surface area contributed by atoms with Crippen molar-refractivity contribution in [3.8, 4) is 0 Å². The Hall–Kier alpha value is -0.800. The average molecular weight is 303 g/mol. The predicted octanol–water partition coefficient (Wildman–Crippen LogP) is 2.59. The Morgan fingerprint density at radius 2 is 1.91 bits per heavy atom. The summed E-state index contributed by atoms with van der Waals surface area (Å²) in [6.45, 7) is 4.61. The molecule has 22 heavy (non-hydrogen) atoms. The van der Waals surface area contributed by atoms with E-state index in [0.29, 0.717) is 23.7 Å². The predicted molar refractivity (Wildman–Crippen MR) is 86.7 cm³/mol. The Labute approximate surface area is 133 Å². The lowest BCUT2D eigenvalue weighted by Crippen LogP contribution is -2.57. The third kappa shape index (κ3) is 1.75. The van der Waals surface area contributed by atoms with Crippen LogP contribution in [-0.2, 0) is 0 Å². The maximum absolute atomic E-state index is 10.9. The molecular weight excluding hydrogens is 274 g/mol. The van der Waals surface area contributed by atoms with Crippen molar-refractivity contribution in [3.63, 3.8) is 0 Å². The summed E-state index contributed by atoms with van der Waals surface area (Å²) in [4.78, 5) is 0. The van der Waals surface area contributed by atoms with E-state index in [9.17, 15) is 10.2 Å². The van der Waals surface area contributed by atoms with Crippen LogP contribution in [-0.4, -0.2) is 22.4 Å². The minimum absolute atomic E-state index is 0.0125. The Bertz CT molecular complexity index is 542. The Kier molecular flexibility index (Phi) is 3.09. The van der Waals surface area contributed by atoms with Gasteiger partial charge >= 0.3 is 0 Å². The molecule has 0 radical (unpaired) electrons. The number of fused-ring (bicyclic) bond motifs is 5. The molecule has 4 rings (SSSR count). The van der Waals surface area contributed by atoms with Gasteiger partial charge in [0.1, 0.15) is 0 Å². The fourth-order valence-corrected chi connectivity index (χ4v) is 6.43. The molecule has 4 N–H and O–H groups in total. The van der Waals surface area contributed by atoms with Crippen LogP contribution >= 0.6 is 0 Å². The van der Waals surface area contributed by atoms with Gasteiger partial charge in [-0.05, 0) is 72.7 Å². The van der Waals surface area contributed by atoms with E-state index >= 15 is 0 Å². The fraction of sp³-hybridized carbons (Fsp3) is 0.789. The largest absolute Gasteiger partial charge is 0.399 e. The van der Waals surface area contributed by atoms with E-state index in [1.165, 1.54) is 0 Å². The van der Waals surface area contributed by atoms with Crippen molar-refractivity contribution in [1.29, 1.82) is 0 Å². The zero-order valence-electron chi connectivity index (χ0n) is 13.7. The third-order valence-corrected chi connectivity index (χ3v) is 7.85. The lowest BCUT2D eigenvalue weighted by Gasteiger charge is -2.59. The molecule has 8 atom stereocenters. The molecule has 0 bridgehead atoms. The summed E-state index contributed by atoms with van der Waals surface area (Å²) in [5.74, 6) is 1.65. The molecule has 4 aliphatic carbocycles. The van der Waals surface area contributed by atoms with Crippen molar-refractivity contribution in [2.75, 3.05) is 0 Å². The fourth-order valence-electron chi connectivity index (χ4n) is 6.43. The first kappa shape index (κ1) is 14.8. The molecule has 0 aromatic rings. The molecule has 0 unspecified atom stereocenters. The van der Waals surface area contributed by atoms with Gasteiger partial charge in [-0.25, -0.2) is 0 Å². The quantitative estimate of drug-likeness (QED) is 0.644. The highest BCUT2D eigenvalue weighted by Gasteiger charge is 2.61. The average Bonchev–Trinajstić information content (AvgIpc) is 2.77. The van der Waals surface area contributed by atoms with E-state index < -0.39 is 0 Å². The van der Waals surface area contributed by atoms with Crippen molar-refractivity contribution < 1.29 is 10.2 Å². The maximum Gasteiger partial charge on any atom is 0.0596 e. The van der Waals surface area contributed by atoms with Gasteiger partial charge in [-0.1, -0.05) is 26.0 Å². The van der Waals surface area contributed by atoms with Crippen molar-refractivity contribution in [1.82, 2.24) is 0 Å². The number of aliphatic hydroxyl groups is 2. The van der Waals surface area contributed by atoms with Crippen LogP contribution in [0.25, 0.3) is 0 Å². The van der Waals surface area contributed by atoms with Gasteiger partial charge in [0.15, 0.2) is 0 Å². The normalized spacial score (nSPS) is 56.8. The van der Waals surface area contributed by atoms with E-state index in [0.717, 1.165) is 37.8 Å². The first-order valence-corrected chi connectivity index (χ1v) is 8.89. The first-order valence-electron chi connectivity index (χ1n) is 8.89. The zero-order valence-corrected chi connectivity index (χ0v) is 13.7. The van der Waals surface area contributed by atoms with Crippen molar-refractivity contribution in [2.45, 2.75) is 58.2 Å². The van der Waals surface area contributed by atoms with Gasteiger partial charge in [0.25, 0.3) is 0 Å². The monoisotopic (exact) mass is 303 g/mol. The van der Waals surface area contributed by atoms with Crippen LogP contribution < -0.4 is 5.73 Å². The van der Waals surface area contributed by atoms with Crippen LogP contribution in [0.2, 0.25) is 0 Å². The molecule has 3 fully saturated rings. The zero-order chi connectivity index (χ0) is 15.7. The van der Waals surface area contributed by atoms with E-state index in [1.807, 2.05) is 0 Å². The number of aliphatic hydroxyl groups excluding tert-OH is 2. The molecule has 0 aromatic heterocycles. The molecule has 0 aliphatic heterocycles. The molecule has 3 nitrogen and oxygen atoms in total. The lowest BCUT2D eigenvalue weighted by molar-refractivity contribution is -0.137. The van der Waals surface area contributed by atoms with E-state index in [4.69, 9.17) is 5.73 Å². The van der Waals surface area contributed by atoms with Gasteiger partial charge < -0.3 is 15.9 Å². The topological polar surface area (TPSA) is 66.5 Å². The second-order valence-corrected chi connectivity index (χ2v) is 8.70. The maximum atomic E-state index is 10.9. The molecule has 122 valence electrons. The molecule has 3 saturated carbocycles. The smallest absolute Gasteiger partial charge is 0.0596 e. The van der Waals surface area contributed by atoms with E-state index in [-0.39, 0.29) is 23.0 Å². The van der Waals surface area contributed by atoms with Gasteiger partial charge in [-0.2, -0.15) is 0 Å². The van der Waals surface area contributed by atoms with Crippen LogP contribution in [0.4, 0.5) is 0 Å². The number of hydrogen-bond acceptors (Lipinski definition) is 3. The Morgan fingerprint density at radius 3 is 2.68 bits per heavy atom. The van der Waals surface area contributed by atoms with Crippen LogP contribution in [0.3, 0.4) is 0 Å². The summed E-state index contributed by atoms with van der Waals surface area (Å²) in [6, 6.07) is 0. The second kappa shape index (κ2) is 4.61. The van der Waals surface area contributed by atoms with Gasteiger partial charge in [0.2, 0.25) is 0 Å². The highest BCUT2D eigenvalue weighted by molar-refractivity contribution is 5.29. The first-order chi connectivity index (χ1) is 10.4. The standard InChI is InChI=1S/C19H29NO2/c1-18-7-5-12(20)9-11(18)10-15(21)17-13-3-4-16(22)19(13,2)8-6-14(17)18/h5,7,9,11,13-17,21-22H,3-4,6,8,10,20H2,1-2H3/t11-,13-,14-,15-,16-,17-,18-,19-/m0/s1. The Balaban J connectivity index is 1.72. The summed E-state index contributed by atoms with van der Waals surface area (Å²) in [5, 5.41) is 21.4. The molecule has 0 spiro atoms. The van der Waals surface area contributed by atoms with Crippen LogP contribution in [0.1, 0.15) is 46.0 Å². The summed E-state index contributed by atoms with van der Waals surface area (Å²) >= 11 is 0. The third-order valence-electron chi connectivity index (χ3n) is 7.85. The van der Waals surface area contributed by atoms with Crippen molar-refractivity contribution in [3.05, 3.63) is 23.9 Å². The van der Waals surface area contributed by atoms with E-state index in [1.54, 1.807) is 0 Å². The lowest BCUT2D eigenvalue weighted by atomic mass is 9.46. The van der Waals surface area contributed by atoms with Crippen molar-refractivity contribution >= 4 is 0 Å². The molecule has 4 aliphatic rings. The van der Waals surface area contributed by atoms with E-state index in [2.05, 4.69) is 32.1 Å². The summed E-state index contributed by atoms with van der Waals surface area (Å²) in [6.07, 6.45) is 11.1. The highest BCUT2D eigenvalue weighted by Crippen LogP contribution is 2.64. The molecule has 0 amide bonds. The van der Waals surface area contributed by atoms with Crippen LogP contribution in [0.15, 0.2) is 23.9 Å². The second-order valence-electron chi connectivity index (χ2n) is 8.70. The molecule has 0 aromatic carbocycles. The number of rotatable bonds is 0. The molecule has 0 heterocycles. The summed E-state index contributed by atoms with van der Waals surface area (Å²) in [7, 11) is 0. The van der Waals surface area contributed by atoms with Gasteiger partial charge in [0, 0.05) is 5.70 Å². The summed E-state index contributed by atoms with van der Waals surface area (Å²) in [5.41, 5.74) is 6.96. The molecular formula is C19H29NO2. The minimum atomic E-state index is -0.256.